The molecule has 2 saturated carbocycles. The molecule has 9 heteroatoms. The number of fused-ring (bicyclic) bond motifs is 1. The van der Waals surface area contributed by atoms with Gasteiger partial charge in [0.1, 0.15) is 5.78 Å². The molecule has 2 rings (SSSR count). The molecule has 2 aliphatic carbocycles. The average Bonchev–Trinajstić information content (AvgIpc) is 3.04. The number of alkyl halides is 6. The number of ketones is 1. The van der Waals surface area contributed by atoms with Gasteiger partial charge in [-0.25, -0.2) is 0 Å². The van der Waals surface area contributed by atoms with Crippen LogP contribution >= 0.6 is 0 Å². The van der Waals surface area contributed by atoms with Gasteiger partial charge in [-0.1, -0.05) is 19.3 Å². The Hall–Kier alpha value is -1.27. The largest absolute Gasteiger partial charge is 0.438 e. The fraction of sp³-hybridized carbons (Fsp3) is 0.870. The van der Waals surface area contributed by atoms with E-state index < -0.39 is 29.0 Å². The molecule has 184 valence electrons. The lowest BCUT2D eigenvalue weighted by molar-refractivity contribution is -0.343. The summed E-state index contributed by atoms with van der Waals surface area (Å²) in [6, 6.07) is 0. The van der Waals surface area contributed by atoms with Crippen LogP contribution in [0, 0.1) is 35.0 Å². The van der Waals surface area contributed by atoms with Gasteiger partial charge in [0.25, 0.3) is 0 Å². The summed E-state index contributed by atoms with van der Waals surface area (Å²) >= 11 is 0. The van der Waals surface area contributed by atoms with E-state index in [0.717, 1.165) is 18.8 Å². The van der Waals surface area contributed by atoms with Crippen molar-refractivity contribution in [3.05, 3.63) is 0 Å². The monoisotopic (exact) mass is 470 g/mol. The van der Waals surface area contributed by atoms with Crippen molar-refractivity contribution in [2.45, 2.75) is 102 Å². The second kappa shape index (κ2) is 9.17. The highest BCUT2D eigenvalue weighted by molar-refractivity contribution is 5.82. The zero-order valence-corrected chi connectivity index (χ0v) is 18.7. The third kappa shape index (κ3) is 5.80. The summed E-state index contributed by atoms with van der Waals surface area (Å²) in [4.78, 5) is 12.3. The summed E-state index contributed by atoms with van der Waals surface area (Å²) in [7, 11) is 0. The van der Waals surface area contributed by atoms with E-state index in [2.05, 4.69) is 0 Å². The molecule has 32 heavy (non-hydrogen) atoms. The van der Waals surface area contributed by atoms with Crippen LogP contribution in [0.2, 0.25) is 0 Å². The standard InChI is InChI=1S/C23H32F6O3/c1-19(2,31)11-5-12-20(3,17-10-9-16-15(17)7-4-8-18(16)30)13-6-14-21(32,22(24,25)26)23(27,28)29/h15-17,31-32H,4-5,7-13H2,1-3H3/t15?,16?,17?,20-/m0/s1. The fourth-order valence-electron chi connectivity index (χ4n) is 5.44. The molecule has 0 saturated heterocycles. The first-order valence-corrected chi connectivity index (χ1v) is 11.0. The van der Waals surface area contributed by atoms with Crippen molar-refractivity contribution in [3.8, 4) is 11.8 Å². The molecular formula is C23H32F6O3. The molecule has 0 aliphatic heterocycles. The Kier molecular flexibility index (Phi) is 7.73. The van der Waals surface area contributed by atoms with Crippen LogP contribution in [0.3, 0.4) is 0 Å². The smallest absolute Gasteiger partial charge is 0.390 e. The fourth-order valence-corrected chi connectivity index (χ4v) is 5.44. The lowest BCUT2D eigenvalue weighted by atomic mass is 9.63. The van der Waals surface area contributed by atoms with Crippen LogP contribution < -0.4 is 0 Å². The van der Waals surface area contributed by atoms with Crippen molar-refractivity contribution >= 4 is 5.78 Å². The third-order valence-corrected chi connectivity index (χ3v) is 7.21. The van der Waals surface area contributed by atoms with Gasteiger partial charge in [0.05, 0.1) is 5.60 Å². The van der Waals surface area contributed by atoms with Gasteiger partial charge in [-0.05, 0) is 75.5 Å². The summed E-state index contributed by atoms with van der Waals surface area (Å²) in [5.41, 5.74) is -6.79. The van der Waals surface area contributed by atoms with Crippen molar-refractivity contribution < 1.29 is 41.4 Å². The molecule has 2 fully saturated rings. The number of aliphatic hydroxyl groups is 2. The van der Waals surface area contributed by atoms with Gasteiger partial charge < -0.3 is 10.2 Å². The molecule has 4 atom stereocenters. The number of carbonyl (C=O) groups is 1. The summed E-state index contributed by atoms with van der Waals surface area (Å²) < 4.78 is 77.9. The van der Waals surface area contributed by atoms with Gasteiger partial charge in [0.2, 0.25) is 0 Å². The SMILES string of the molecule is CC(C)(O)CCC[C@@](C)(CC#CC(O)(C(F)(F)F)C(F)(F)F)C1CCC2C(=O)CCCC21. The highest BCUT2D eigenvalue weighted by Gasteiger charge is 2.70. The van der Waals surface area contributed by atoms with Gasteiger partial charge in [-0.3, -0.25) is 4.79 Å². The first-order valence-electron chi connectivity index (χ1n) is 11.0. The molecule has 0 aromatic rings. The minimum atomic E-state index is -5.98. The van der Waals surface area contributed by atoms with Crippen LogP contribution in [0.5, 0.6) is 0 Å². The number of hydrogen-bond donors (Lipinski definition) is 2. The Bertz CT molecular complexity index is 726. The van der Waals surface area contributed by atoms with Gasteiger partial charge in [0.15, 0.2) is 0 Å². The molecule has 0 amide bonds. The summed E-state index contributed by atoms with van der Waals surface area (Å²) in [6.45, 7) is 5.04. The topological polar surface area (TPSA) is 57.5 Å². The molecule has 0 bridgehead atoms. The van der Waals surface area contributed by atoms with Gasteiger partial charge in [-0.15, -0.1) is 0 Å². The molecule has 2 N–H and O–H groups in total. The molecule has 3 nitrogen and oxygen atoms in total. The van der Waals surface area contributed by atoms with Gasteiger partial charge in [-0.2, -0.15) is 26.3 Å². The van der Waals surface area contributed by atoms with Crippen LogP contribution in [0.25, 0.3) is 0 Å². The minimum Gasteiger partial charge on any atom is -0.390 e. The third-order valence-electron chi connectivity index (χ3n) is 7.21. The van der Waals surface area contributed by atoms with E-state index in [4.69, 9.17) is 0 Å². The summed E-state index contributed by atoms with van der Waals surface area (Å²) in [5.74, 6) is 3.13. The Morgan fingerprint density at radius 1 is 0.938 bits per heavy atom. The van der Waals surface area contributed by atoms with Crippen molar-refractivity contribution in [2.24, 2.45) is 23.2 Å². The maximum atomic E-state index is 13.0. The highest BCUT2D eigenvalue weighted by atomic mass is 19.4. The van der Waals surface area contributed by atoms with E-state index in [1.807, 2.05) is 5.92 Å². The van der Waals surface area contributed by atoms with Crippen molar-refractivity contribution in [3.63, 3.8) is 0 Å². The first kappa shape index (κ1) is 27.0. The molecule has 0 aromatic heterocycles. The minimum absolute atomic E-state index is 0.0364. The van der Waals surface area contributed by atoms with E-state index >= 15 is 0 Å². The zero-order chi connectivity index (χ0) is 24.6. The van der Waals surface area contributed by atoms with Crippen LogP contribution in [0.1, 0.15) is 78.6 Å². The highest BCUT2D eigenvalue weighted by Crippen LogP contribution is 2.54. The van der Waals surface area contributed by atoms with E-state index in [1.165, 1.54) is 0 Å². The van der Waals surface area contributed by atoms with E-state index in [-0.39, 0.29) is 30.0 Å². The van der Waals surface area contributed by atoms with Crippen LogP contribution in [0.15, 0.2) is 0 Å². The molecule has 0 heterocycles. The lowest BCUT2D eigenvalue weighted by Gasteiger charge is -2.41. The Morgan fingerprint density at radius 3 is 2.06 bits per heavy atom. The number of Topliss-reactive ketones (excluding diaryl/α,β-unsaturated/α-hetero) is 1. The molecule has 0 radical (unpaired) electrons. The predicted octanol–water partition coefficient (Wildman–Crippen LogP) is 5.58. The van der Waals surface area contributed by atoms with E-state index in [1.54, 1.807) is 20.8 Å². The quantitative estimate of drug-likeness (QED) is 0.394. The molecule has 0 spiro atoms. The molecule has 0 aromatic carbocycles. The van der Waals surface area contributed by atoms with Crippen LogP contribution in [0.4, 0.5) is 26.3 Å². The molecule has 2 aliphatic rings. The maximum absolute atomic E-state index is 13.0. The van der Waals surface area contributed by atoms with E-state index in [0.29, 0.717) is 38.5 Å². The Morgan fingerprint density at radius 2 is 1.53 bits per heavy atom. The number of carbonyl (C=O) groups excluding carboxylic acids is 1. The molecule has 3 unspecified atom stereocenters. The number of rotatable bonds is 6. The normalized spacial score (nSPS) is 26.8. The van der Waals surface area contributed by atoms with Crippen LogP contribution in [-0.2, 0) is 4.79 Å². The van der Waals surface area contributed by atoms with Crippen LogP contribution in [-0.4, -0.2) is 39.6 Å². The van der Waals surface area contributed by atoms with E-state index in [9.17, 15) is 41.4 Å². The Balaban J connectivity index is 2.32. The second-order valence-electron chi connectivity index (χ2n) is 10.3. The Labute approximate surface area is 184 Å². The average molecular weight is 470 g/mol. The summed E-state index contributed by atoms with van der Waals surface area (Å²) in [5, 5.41) is 19.4. The van der Waals surface area contributed by atoms with Gasteiger partial charge >= 0.3 is 18.0 Å². The second-order valence-corrected chi connectivity index (χ2v) is 10.3. The molecular weight excluding hydrogens is 438 g/mol. The van der Waals surface area contributed by atoms with Crippen molar-refractivity contribution in [2.75, 3.05) is 0 Å². The summed E-state index contributed by atoms with van der Waals surface area (Å²) in [6.07, 6.45) is -7.53. The van der Waals surface area contributed by atoms with Gasteiger partial charge in [0, 0.05) is 18.8 Å². The zero-order valence-electron chi connectivity index (χ0n) is 18.7. The lowest BCUT2D eigenvalue weighted by Crippen LogP contribution is -2.55. The maximum Gasteiger partial charge on any atom is 0.438 e. The first-order chi connectivity index (χ1) is 14.4. The predicted molar refractivity (Wildman–Crippen MR) is 106 cm³/mol. The number of halogens is 6. The number of hydrogen-bond acceptors (Lipinski definition) is 3. The van der Waals surface area contributed by atoms with Crippen molar-refractivity contribution in [1.82, 2.24) is 0 Å². The van der Waals surface area contributed by atoms with Crippen molar-refractivity contribution in [1.29, 1.82) is 0 Å².